The van der Waals surface area contributed by atoms with E-state index in [4.69, 9.17) is 12.2 Å². The van der Waals surface area contributed by atoms with Gasteiger partial charge in [-0.3, -0.25) is 0 Å². The zero-order chi connectivity index (χ0) is 18.5. The Kier molecular flexibility index (Phi) is 5.58. The fourth-order valence-electron chi connectivity index (χ4n) is 2.66. The highest BCUT2D eigenvalue weighted by Crippen LogP contribution is 2.23. The molecular weight excluding hydrogens is 350 g/mol. The lowest BCUT2D eigenvalue weighted by molar-refractivity contribution is 0.591. The number of hydrogen-bond acceptors (Lipinski definition) is 1. The third-order valence-electron chi connectivity index (χ3n) is 4.02. The zero-order valence-electron chi connectivity index (χ0n) is 14.2. The van der Waals surface area contributed by atoms with Gasteiger partial charge >= 0.3 is 0 Å². The maximum Gasteiger partial charge on any atom is 0.171 e. The highest BCUT2D eigenvalue weighted by atomic mass is 32.1. The molecule has 0 saturated carbocycles. The minimum Gasteiger partial charge on any atom is -0.352 e. The molecule has 0 fully saturated rings. The maximum atomic E-state index is 13.8. The SMILES string of the molecule is Cc1ccc([C@H](NC(=S)Nc2c(F)cccc2F)c2ccccc2)cc1. The molecule has 0 aliphatic carbocycles. The second-order valence-corrected chi connectivity index (χ2v) is 6.36. The standard InChI is InChI=1S/C21H18F2N2S/c1-14-10-12-16(13-11-14)19(15-6-3-2-4-7-15)24-21(26)25-20-17(22)8-5-9-18(20)23/h2-13,19H,1H3,(H2,24,25,26)/t19-/m1/s1. The van der Waals surface area contributed by atoms with E-state index < -0.39 is 11.6 Å². The molecule has 132 valence electrons. The Morgan fingerprint density at radius 3 is 2.00 bits per heavy atom. The molecule has 0 bridgehead atoms. The van der Waals surface area contributed by atoms with E-state index in [0.717, 1.165) is 16.7 Å². The van der Waals surface area contributed by atoms with Gasteiger partial charge < -0.3 is 10.6 Å². The van der Waals surface area contributed by atoms with Crippen molar-refractivity contribution in [3.05, 3.63) is 101 Å². The minimum atomic E-state index is -0.694. The van der Waals surface area contributed by atoms with Gasteiger partial charge in [0.1, 0.15) is 17.3 Å². The summed E-state index contributed by atoms with van der Waals surface area (Å²) in [5.41, 5.74) is 2.88. The third-order valence-corrected chi connectivity index (χ3v) is 4.24. The number of benzene rings is 3. The van der Waals surface area contributed by atoms with E-state index in [2.05, 4.69) is 10.6 Å². The molecule has 0 aromatic heterocycles. The molecule has 2 nitrogen and oxygen atoms in total. The Labute approximate surface area is 156 Å². The van der Waals surface area contributed by atoms with E-state index in [-0.39, 0.29) is 16.8 Å². The van der Waals surface area contributed by atoms with E-state index in [1.165, 1.54) is 18.2 Å². The van der Waals surface area contributed by atoms with Crippen molar-refractivity contribution in [1.29, 1.82) is 0 Å². The van der Waals surface area contributed by atoms with Crippen LogP contribution >= 0.6 is 12.2 Å². The number of halogens is 2. The Balaban J connectivity index is 1.86. The van der Waals surface area contributed by atoms with Gasteiger partial charge in [0.15, 0.2) is 5.11 Å². The first-order valence-corrected chi connectivity index (χ1v) is 8.58. The molecule has 2 N–H and O–H groups in total. The van der Waals surface area contributed by atoms with Crippen LogP contribution in [0.5, 0.6) is 0 Å². The number of aryl methyl sites for hydroxylation is 1. The number of hydrogen-bond donors (Lipinski definition) is 2. The van der Waals surface area contributed by atoms with Crippen LogP contribution in [0.4, 0.5) is 14.5 Å². The monoisotopic (exact) mass is 368 g/mol. The molecule has 5 heteroatoms. The van der Waals surface area contributed by atoms with Crippen LogP contribution in [0.3, 0.4) is 0 Å². The number of anilines is 1. The molecule has 3 rings (SSSR count). The van der Waals surface area contributed by atoms with E-state index in [0.29, 0.717) is 0 Å². The molecule has 0 amide bonds. The van der Waals surface area contributed by atoms with Crippen LogP contribution in [0.2, 0.25) is 0 Å². The van der Waals surface area contributed by atoms with Crippen molar-refractivity contribution in [2.75, 3.05) is 5.32 Å². The average Bonchev–Trinajstić information content (AvgIpc) is 2.64. The normalized spacial score (nSPS) is 11.7. The highest BCUT2D eigenvalue weighted by Gasteiger charge is 2.17. The lowest BCUT2D eigenvalue weighted by atomic mass is 9.98. The summed E-state index contributed by atoms with van der Waals surface area (Å²) < 4.78 is 27.7. The summed E-state index contributed by atoms with van der Waals surface area (Å²) in [5, 5.41) is 5.93. The van der Waals surface area contributed by atoms with Crippen molar-refractivity contribution in [2.45, 2.75) is 13.0 Å². The Hall–Kier alpha value is -2.79. The smallest absolute Gasteiger partial charge is 0.171 e. The topological polar surface area (TPSA) is 24.1 Å². The molecule has 0 unspecified atom stereocenters. The minimum absolute atomic E-state index is 0.142. The maximum absolute atomic E-state index is 13.8. The van der Waals surface area contributed by atoms with Gasteiger partial charge in [-0.15, -0.1) is 0 Å². The van der Waals surface area contributed by atoms with Crippen molar-refractivity contribution in [2.24, 2.45) is 0 Å². The van der Waals surface area contributed by atoms with Crippen molar-refractivity contribution < 1.29 is 8.78 Å². The van der Waals surface area contributed by atoms with Gasteiger partial charge in [0.2, 0.25) is 0 Å². The van der Waals surface area contributed by atoms with Crippen molar-refractivity contribution in [3.63, 3.8) is 0 Å². The molecule has 3 aromatic carbocycles. The molecule has 0 heterocycles. The Morgan fingerprint density at radius 1 is 0.808 bits per heavy atom. The fraction of sp³-hybridized carbons (Fsp3) is 0.0952. The van der Waals surface area contributed by atoms with Crippen molar-refractivity contribution in [3.8, 4) is 0 Å². The number of rotatable bonds is 4. The quantitative estimate of drug-likeness (QED) is 0.607. The summed E-state index contributed by atoms with van der Waals surface area (Å²) in [6, 6.07) is 21.2. The van der Waals surface area contributed by atoms with Crippen LogP contribution in [0.15, 0.2) is 72.8 Å². The molecule has 0 aliphatic rings. The van der Waals surface area contributed by atoms with E-state index >= 15 is 0 Å². The first-order valence-electron chi connectivity index (χ1n) is 8.17. The van der Waals surface area contributed by atoms with Crippen LogP contribution in [-0.2, 0) is 0 Å². The fourth-order valence-corrected chi connectivity index (χ4v) is 2.88. The third kappa shape index (κ3) is 4.24. The Morgan fingerprint density at radius 2 is 1.38 bits per heavy atom. The van der Waals surface area contributed by atoms with Crippen molar-refractivity contribution >= 4 is 23.0 Å². The van der Waals surface area contributed by atoms with Crippen LogP contribution in [-0.4, -0.2) is 5.11 Å². The number of nitrogens with one attached hydrogen (secondary N) is 2. The molecule has 0 spiro atoms. The van der Waals surface area contributed by atoms with Gasteiger partial charge in [-0.2, -0.15) is 0 Å². The van der Waals surface area contributed by atoms with Crippen LogP contribution in [0, 0.1) is 18.6 Å². The van der Waals surface area contributed by atoms with Gasteiger partial charge in [-0.05, 0) is 42.4 Å². The van der Waals surface area contributed by atoms with E-state index in [1.807, 2.05) is 61.5 Å². The molecule has 26 heavy (non-hydrogen) atoms. The van der Waals surface area contributed by atoms with Gasteiger partial charge in [-0.1, -0.05) is 66.2 Å². The lowest BCUT2D eigenvalue weighted by Gasteiger charge is -2.22. The molecule has 0 saturated heterocycles. The summed E-state index contributed by atoms with van der Waals surface area (Å²) >= 11 is 5.30. The number of thiocarbonyl (C=S) groups is 1. The molecular formula is C21H18F2N2S. The summed E-state index contributed by atoms with van der Waals surface area (Å²) in [6.07, 6.45) is 0. The molecule has 0 aliphatic heterocycles. The largest absolute Gasteiger partial charge is 0.352 e. The first kappa shape index (κ1) is 18.0. The average molecular weight is 368 g/mol. The van der Waals surface area contributed by atoms with Crippen molar-refractivity contribution in [1.82, 2.24) is 5.32 Å². The first-order chi connectivity index (χ1) is 12.5. The van der Waals surface area contributed by atoms with Crippen LogP contribution in [0.25, 0.3) is 0 Å². The predicted octanol–water partition coefficient (Wildman–Crippen LogP) is 5.35. The van der Waals surface area contributed by atoms with Gasteiger partial charge in [-0.25, -0.2) is 8.78 Å². The van der Waals surface area contributed by atoms with Crippen LogP contribution < -0.4 is 10.6 Å². The molecule has 3 aromatic rings. The summed E-state index contributed by atoms with van der Waals surface area (Å²) in [5.74, 6) is -1.39. The summed E-state index contributed by atoms with van der Waals surface area (Å²) in [4.78, 5) is 0. The van der Waals surface area contributed by atoms with E-state index in [9.17, 15) is 8.78 Å². The summed E-state index contributed by atoms with van der Waals surface area (Å²) in [6.45, 7) is 2.02. The molecule has 1 atom stereocenters. The number of para-hydroxylation sites is 1. The van der Waals surface area contributed by atoms with Gasteiger partial charge in [0.05, 0.1) is 6.04 Å². The predicted molar refractivity (Wildman–Crippen MR) is 105 cm³/mol. The van der Waals surface area contributed by atoms with Gasteiger partial charge in [0, 0.05) is 0 Å². The second-order valence-electron chi connectivity index (χ2n) is 5.95. The second kappa shape index (κ2) is 8.06. The summed E-state index contributed by atoms with van der Waals surface area (Å²) in [7, 11) is 0. The zero-order valence-corrected chi connectivity index (χ0v) is 15.0. The Bertz CT molecular complexity index is 875. The van der Waals surface area contributed by atoms with Crippen LogP contribution in [0.1, 0.15) is 22.7 Å². The van der Waals surface area contributed by atoms with Gasteiger partial charge in [0.25, 0.3) is 0 Å². The highest BCUT2D eigenvalue weighted by molar-refractivity contribution is 7.80. The lowest BCUT2D eigenvalue weighted by Crippen LogP contribution is -2.33. The molecule has 0 radical (unpaired) electrons. The van der Waals surface area contributed by atoms with E-state index in [1.54, 1.807) is 0 Å².